The van der Waals surface area contributed by atoms with Crippen LogP contribution in [0.25, 0.3) is 0 Å². The average molecular weight is 316 g/mol. The van der Waals surface area contributed by atoms with Crippen LogP contribution in [0.1, 0.15) is 43.0 Å². The normalized spacial score (nSPS) is 14.2. The summed E-state index contributed by atoms with van der Waals surface area (Å²) in [5.41, 5.74) is 9.52. The van der Waals surface area contributed by atoms with Gasteiger partial charge in [0, 0.05) is 32.7 Å². The van der Waals surface area contributed by atoms with Crippen LogP contribution in [0.3, 0.4) is 0 Å². The quantitative estimate of drug-likeness (QED) is 0.635. The number of anilines is 2. The molecule has 23 heavy (non-hydrogen) atoms. The van der Waals surface area contributed by atoms with E-state index in [0.717, 1.165) is 49.5 Å². The van der Waals surface area contributed by atoms with E-state index in [1.165, 1.54) is 18.4 Å². The number of rotatable bonds is 8. The first kappa shape index (κ1) is 17.5. The lowest BCUT2D eigenvalue weighted by atomic mass is 9.97. The number of hydrogen-bond acceptors (Lipinski definition) is 6. The molecule has 1 aromatic heterocycles. The molecular formula is C17H28N6. The molecule has 1 aliphatic rings. The molecule has 6 nitrogen and oxygen atoms in total. The second-order valence-electron chi connectivity index (χ2n) is 6.09. The largest absolute Gasteiger partial charge is 0.382 e. The number of nitriles is 1. The Hall–Kier alpha value is -1.84. The Labute approximate surface area is 139 Å². The molecule has 0 fully saturated rings. The molecule has 0 amide bonds. The van der Waals surface area contributed by atoms with Gasteiger partial charge in [0.25, 0.3) is 0 Å². The molecule has 0 bridgehead atoms. The van der Waals surface area contributed by atoms with Crippen molar-refractivity contribution in [2.24, 2.45) is 5.73 Å². The Balaban J connectivity index is 2.35. The van der Waals surface area contributed by atoms with Crippen LogP contribution in [0.15, 0.2) is 0 Å². The summed E-state index contributed by atoms with van der Waals surface area (Å²) in [7, 11) is 2.11. The van der Waals surface area contributed by atoms with Gasteiger partial charge in [0.1, 0.15) is 11.8 Å². The lowest BCUT2D eigenvalue weighted by molar-refractivity contribution is 0.313. The summed E-state index contributed by atoms with van der Waals surface area (Å²) in [6, 6.07) is 2.26. The Kier molecular flexibility index (Phi) is 6.63. The Morgan fingerprint density at radius 3 is 2.78 bits per heavy atom. The smallest absolute Gasteiger partial charge is 0.151 e. The minimum atomic E-state index is 0.538. The van der Waals surface area contributed by atoms with E-state index >= 15 is 0 Å². The highest BCUT2D eigenvalue weighted by molar-refractivity contribution is 5.72. The van der Waals surface area contributed by atoms with Crippen LogP contribution in [0.5, 0.6) is 0 Å². The van der Waals surface area contributed by atoms with Crippen LogP contribution in [0.2, 0.25) is 0 Å². The van der Waals surface area contributed by atoms with Gasteiger partial charge in [-0.1, -0.05) is 19.8 Å². The summed E-state index contributed by atoms with van der Waals surface area (Å²) in [6.45, 7) is 6.13. The van der Waals surface area contributed by atoms with E-state index in [2.05, 4.69) is 40.6 Å². The average Bonchev–Trinajstić information content (AvgIpc) is 2.56. The van der Waals surface area contributed by atoms with Gasteiger partial charge in [-0.05, 0) is 31.0 Å². The lowest BCUT2D eigenvalue weighted by Crippen LogP contribution is -2.29. The molecule has 0 atom stereocenters. The molecular weight excluding hydrogens is 288 g/mol. The maximum Gasteiger partial charge on any atom is 0.151 e. The molecule has 0 saturated carbocycles. The monoisotopic (exact) mass is 316 g/mol. The Morgan fingerprint density at radius 2 is 2.09 bits per heavy atom. The minimum Gasteiger partial charge on any atom is -0.382 e. The zero-order valence-corrected chi connectivity index (χ0v) is 14.3. The first-order valence-corrected chi connectivity index (χ1v) is 8.53. The summed E-state index contributed by atoms with van der Waals surface area (Å²) >= 11 is 0. The Morgan fingerprint density at radius 1 is 1.26 bits per heavy atom. The Bertz CT molecular complexity index is 563. The third-order valence-electron chi connectivity index (χ3n) is 4.21. The number of nitrogens with two attached hydrogens (primary N) is 1. The standard InChI is InChI=1S/C17H28N6/c1-3-4-5-8-20-16-14-12-23(2)10-6-13(14)15(11-19)22-17(16)21-9-7-18/h20H,3-10,12,18H2,1-2H3,(H,21,22). The second kappa shape index (κ2) is 8.70. The van der Waals surface area contributed by atoms with Gasteiger partial charge in [0.15, 0.2) is 5.82 Å². The fourth-order valence-corrected chi connectivity index (χ4v) is 2.96. The molecule has 0 radical (unpaired) electrons. The van der Waals surface area contributed by atoms with E-state index < -0.39 is 0 Å². The second-order valence-corrected chi connectivity index (χ2v) is 6.09. The number of unbranched alkanes of at least 4 members (excludes halogenated alkanes) is 2. The zero-order valence-electron chi connectivity index (χ0n) is 14.3. The highest BCUT2D eigenvalue weighted by atomic mass is 15.1. The minimum absolute atomic E-state index is 0.538. The number of likely N-dealkylation sites (N-methyl/N-ethyl adjacent to an activating group) is 1. The summed E-state index contributed by atoms with van der Waals surface area (Å²) in [6.07, 6.45) is 4.43. The number of nitrogens with one attached hydrogen (secondary N) is 2. The van der Waals surface area contributed by atoms with Gasteiger partial charge in [0.05, 0.1) is 5.69 Å². The molecule has 0 aliphatic carbocycles. The van der Waals surface area contributed by atoms with Crippen molar-refractivity contribution in [2.75, 3.05) is 43.9 Å². The number of fused-ring (bicyclic) bond motifs is 1. The molecule has 1 aliphatic heterocycles. The number of pyridine rings is 1. The predicted molar refractivity (Wildman–Crippen MR) is 94.5 cm³/mol. The maximum atomic E-state index is 9.45. The van der Waals surface area contributed by atoms with Gasteiger partial charge < -0.3 is 21.3 Å². The van der Waals surface area contributed by atoms with Gasteiger partial charge >= 0.3 is 0 Å². The van der Waals surface area contributed by atoms with Crippen molar-refractivity contribution in [3.63, 3.8) is 0 Å². The van der Waals surface area contributed by atoms with Gasteiger partial charge in [-0.25, -0.2) is 4.98 Å². The van der Waals surface area contributed by atoms with Crippen molar-refractivity contribution in [2.45, 2.75) is 39.2 Å². The third-order valence-corrected chi connectivity index (χ3v) is 4.21. The SMILES string of the molecule is CCCCCNc1c(NCCN)nc(C#N)c2c1CN(C)CC2. The molecule has 0 saturated heterocycles. The van der Waals surface area contributed by atoms with Crippen molar-refractivity contribution in [1.29, 1.82) is 5.26 Å². The van der Waals surface area contributed by atoms with Crippen LogP contribution in [-0.4, -0.2) is 43.1 Å². The van der Waals surface area contributed by atoms with Crippen LogP contribution in [-0.2, 0) is 13.0 Å². The van der Waals surface area contributed by atoms with E-state index in [4.69, 9.17) is 5.73 Å². The van der Waals surface area contributed by atoms with Crippen molar-refractivity contribution in [1.82, 2.24) is 9.88 Å². The van der Waals surface area contributed by atoms with Crippen LogP contribution >= 0.6 is 0 Å². The highest BCUT2D eigenvalue weighted by Crippen LogP contribution is 2.33. The molecule has 2 heterocycles. The number of nitrogens with zero attached hydrogens (tertiary/aromatic N) is 3. The lowest BCUT2D eigenvalue weighted by Gasteiger charge is -2.29. The van der Waals surface area contributed by atoms with Gasteiger partial charge in [-0.3, -0.25) is 0 Å². The maximum absolute atomic E-state index is 9.45. The van der Waals surface area contributed by atoms with Crippen LogP contribution in [0.4, 0.5) is 11.5 Å². The predicted octanol–water partition coefficient (Wildman–Crippen LogP) is 1.91. The molecule has 0 spiro atoms. The van der Waals surface area contributed by atoms with E-state index in [9.17, 15) is 5.26 Å². The third kappa shape index (κ3) is 4.34. The molecule has 126 valence electrons. The van der Waals surface area contributed by atoms with E-state index in [-0.39, 0.29) is 0 Å². The summed E-state index contributed by atoms with van der Waals surface area (Å²) < 4.78 is 0. The fraction of sp³-hybridized carbons (Fsp3) is 0.647. The number of hydrogen-bond donors (Lipinski definition) is 3. The first-order chi connectivity index (χ1) is 11.2. The van der Waals surface area contributed by atoms with Crippen molar-refractivity contribution in [3.05, 3.63) is 16.8 Å². The summed E-state index contributed by atoms with van der Waals surface area (Å²) in [5, 5.41) is 16.3. The van der Waals surface area contributed by atoms with Gasteiger partial charge in [-0.2, -0.15) is 5.26 Å². The molecule has 4 N–H and O–H groups in total. The van der Waals surface area contributed by atoms with Gasteiger partial charge in [0.2, 0.25) is 0 Å². The van der Waals surface area contributed by atoms with E-state index in [0.29, 0.717) is 18.8 Å². The molecule has 0 aromatic carbocycles. The summed E-state index contributed by atoms with van der Waals surface area (Å²) in [4.78, 5) is 6.84. The van der Waals surface area contributed by atoms with Gasteiger partial charge in [-0.15, -0.1) is 0 Å². The van der Waals surface area contributed by atoms with Crippen LogP contribution < -0.4 is 16.4 Å². The topological polar surface area (TPSA) is 90.0 Å². The van der Waals surface area contributed by atoms with Crippen molar-refractivity contribution < 1.29 is 0 Å². The summed E-state index contributed by atoms with van der Waals surface area (Å²) in [5.74, 6) is 0.762. The molecule has 1 aromatic rings. The van der Waals surface area contributed by atoms with Crippen molar-refractivity contribution >= 4 is 11.5 Å². The number of aromatic nitrogens is 1. The van der Waals surface area contributed by atoms with E-state index in [1.807, 2.05) is 0 Å². The van der Waals surface area contributed by atoms with Crippen LogP contribution in [0, 0.1) is 11.3 Å². The zero-order chi connectivity index (χ0) is 16.7. The molecule has 0 unspecified atom stereocenters. The van der Waals surface area contributed by atoms with E-state index in [1.54, 1.807) is 0 Å². The molecule has 2 rings (SSSR count). The molecule has 6 heteroatoms. The van der Waals surface area contributed by atoms with Crippen molar-refractivity contribution in [3.8, 4) is 6.07 Å². The first-order valence-electron chi connectivity index (χ1n) is 8.53. The fourth-order valence-electron chi connectivity index (χ4n) is 2.96. The highest BCUT2D eigenvalue weighted by Gasteiger charge is 2.23.